The summed E-state index contributed by atoms with van der Waals surface area (Å²) >= 11 is 6.06. The van der Waals surface area contributed by atoms with Crippen molar-refractivity contribution in [1.82, 2.24) is 9.78 Å². The van der Waals surface area contributed by atoms with Gasteiger partial charge in [0, 0.05) is 17.8 Å². The van der Waals surface area contributed by atoms with Gasteiger partial charge >= 0.3 is 0 Å². The number of carbonyl (C=O) groups is 1. The van der Waals surface area contributed by atoms with Crippen LogP contribution in [0.4, 0.5) is 5.69 Å². The molecule has 24 heavy (non-hydrogen) atoms. The van der Waals surface area contributed by atoms with Crippen LogP contribution in [0, 0.1) is 13.8 Å². The van der Waals surface area contributed by atoms with Crippen LogP contribution in [-0.2, 0) is 7.05 Å². The zero-order valence-electron chi connectivity index (χ0n) is 13.6. The van der Waals surface area contributed by atoms with E-state index < -0.39 is 5.91 Å². The van der Waals surface area contributed by atoms with Gasteiger partial charge in [0.1, 0.15) is 0 Å². The lowest BCUT2D eigenvalue weighted by Gasteiger charge is -2.09. The SMILES string of the molecule is Cc1ccc2c(c1)c(=O)c(C(=O)Nc1ccc(C)c(Cl)c1)nn2C. The Hall–Kier alpha value is -2.66. The number of anilines is 1. The molecule has 2 aromatic carbocycles. The van der Waals surface area contributed by atoms with Gasteiger partial charge in [-0.25, -0.2) is 0 Å². The highest BCUT2D eigenvalue weighted by molar-refractivity contribution is 6.31. The first-order valence-electron chi connectivity index (χ1n) is 7.42. The Balaban J connectivity index is 2.05. The van der Waals surface area contributed by atoms with E-state index in [9.17, 15) is 9.59 Å². The van der Waals surface area contributed by atoms with Gasteiger partial charge in [0.15, 0.2) is 5.69 Å². The van der Waals surface area contributed by atoms with Gasteiger partial charge in [0.2, 0.25) is 5.43 Å². The lowest BCUT2D eigenvalue weighted by Crippen LogP contribution is -2.26. The van der Waals surface area contributed by atoms with Crippen LogP contribution in [0.5, 0.6) is 0 Å². The lowest BCUT2D eigenvalue weighted by molar-refractivity contribution is 0.101. The zero-order chi connectivity index (χ0) is 17.4. The van der Waals surface area contributed by atoms with Crippen molar-refractivity contribution in [2.45, 2.75) is 13.8 Å². The van der Waals surface area contributed by atoms with Crippen molar-refractivity contribution in [3.63, 3.8) is 0 Å². The number of fused-ring (bicyclic) bond motifs is 1. The number of hydrogen-bond acceptors (Lipinski definition) is 3. The van der Waals surface area contributed by atoms with Crippen molar-refractivity contribution in [3.8, 4) is 0 Å². The van der Waals surface area contributed by atoms with Gasteiger partial charge in [0.05, 0.1) is 10.9 Å². The molecule has 3 aromatic rings. The molecule has 0 radical (unpaired) electrons. The second-order valence-corrected chi connectivity index (χ2v) is 6.15. The van der Waals surface area contributed by atoms with E-state index in [2.05, 4.69) is 10.4 Å². The number of aryl methyl sites for hydroxylation is 3. The van der Waals surface area contributed by atoms with E-state index in [1.807, 2.05) is 26.0 Å². The molecule has 5 nitrogen and oxygen atoms in total. The van der Waals surface area contributed by atoms with Gasteiger partial charge in [-0.1, -0.05) is 29.3 Å². The molecule has 0 saturated carbocycles. The fourth-order valence-corrected chi connectivity index (χ4v) is 2.68. The number of hydrogen-bond donors (Lipinski definition) is 1. The summed E-state index contributed by atoms with van der Waals surface area (Å²) < 4.78 is 1.53. The Labute approximate surface area is 143 Å². The Morgan fingerprint density at radius 1 is 1.17 bits per heavy atom. The minimum Gasteiger partial charge on any atom is -0.320 e. The quantitative estimate of drug-likeness (QED) is 0.776. The Morgan fingerprint density at radius 2 is 1.92 bits per heavy atom. The molecule has 0 bridgehead atoms. The zero-order valence-corrected chi connectivity index (χ0v) is 14.3. The van der Waals surface area contributed by atoms with Crippen LogP contribution in [-0.4, -0.2) is 15.7 Å². The van der Waals surface area contributed by atoms with Crippen molar-refractivity contribution >= 4 is 34.1 Å². The van der Waals surface area contributed by atoms with Crippen LogP contribution in [0.3, 0.4) is 0 Å². The van der Waals surface area contributed by atoms with E-state index >= 15 is 0 Å². The van der Waals surface area contributed by atoms with Crippen LogP contribution in [0.2, 0.25) is 5.02 Å². The summed E-state index contributed by atoms with van der Waals surface area (Å²) in [5.74, 6) is -0.557. The number of benzene rings is 2. The van der Waals surface area contributed by atoms with Gasteiger partial charge in [-0.2, -0.15) is 5.10 Å². The van der Waals surface area contributed by atoms with Crippen molar-refractivity contribution in [2.24, 2.45) is 7.05 Å². The Bertz CT molecular complexity index is 1020. The van der Waals surface area contributed by atoms with E-state index in [1.165, 1.54) is 4.68 Å². The molecule has 0 aliphatic carbocycles. The lowest BCUT2D eigenvalue weighted by atomic mass is 10.1. The topological polar surface area (TPSA) is 64.0 Å². The fourth-order valence-electron chi connectivity index (χ4n) is 2.50. The van der Waals surface area contributed by atoms with Gasteiger partial charge in [-0.05, 0) is 43.7 Å². The number of halogens is 1. The number of nitrogens with zero attached hydrogens (tertiary/aromatic N) is 2. The summed E-state index contributed by atoms with van der Waals surface area (Å²) in [5.41, 5.74) is 2.52. The normalized spacial score (nSPS) is 10.8. The Kier molecular flexibility index (Phi) is 4.11. The predicted octanol–water partition coefficient (Wildman–Crippen LogP) is 3.46. The van der Waals surface area contributed by atoms with E-state index in [-0.39, 0.29) is 11.1 Å². The second kappa shape index (κ2) is 6.09. The molecule has 0 aliphatic rings. The van der Waals surface area contributed by atoms with Crippen LogP contribution < -0.4 is 10.7 Å². The van der Waals surface area contributed by atoms with Crippen molar-refractivity contribution in [2.75, 3.05) is 5.32 Å². The van der Waals surface area contributed by atoms with Crippen LogP contribution in [0.1, 0.15) is 21.6 Å². The van der Waals surface area contributed by atoms with Gasteiger partial charge in [-0.15, -0.1) is 0 Å². The molecule has 6 heteroatoms. The number of aromatic nitrogens is 2. The average molecular weight is 342 g/mol. The van der Waals surface area contributed by atoms with Crippen molar-refractivity contribution in [3.05, 3.63) is 68.5 Å². The van der Waals surface area contributed by atoms with Gasteiger partial charge < -0.3 is 5.32 Å². The molecule has 0 unspecified atom stereocenters. The summed E-state index contributed by atoms with van der Waals surface area (Å²) in [4.78, 5) is 25.1. The largest absolute Gasteiger partial charge is 0.320 e. The van der Waals surface area contributed by atoms with E-state index in [4.69, 9.17) is 11.6 Å². The first-order valence-corrected chi connectivity index (χ1v) is 7.80. The molecular formula is C18H16ClN3O2. The first-order chi connectivity index (χ1) is 11.4. The summed E-state index contributed by atoms with van der Waals surface area (Å²) in [5, 5.41) is 7.82. The highest BCUT2D eigenvalue weighted by Gasteiger charge is 2.17. The molecule has 1 N–H and O–H groups in total. The van der Waals surface area contributed by atoms with E-state index in [1.54, 1.807) is 31.3 Å². The average Bonchev–Trinajstić information content (AvgIpc) is 2.54. The molecule has 1 heterocycles. The molecule has 3 rings (SSSR count). The molecule has 0 atom stereocenters. The first kappa shape index (κ1) is 16.2. The number of nitrogens with one attached hydrogen (secondary N) is 1. The fraction of sp³-hybridized carbons (Fsp3) is 0.167. The third-order valence-electron chi connectivity index (χ3n) is 3.86. The smallest absolute Gasteiger partial charge is 0.280 e. The number of amides is 1. The van der Waals surface area contributed by atoms with Crippen molar-refractivity contribution < 1.29 is 4.79 Å². The monoisotopic (exact) mass is 341 g/mol. The summed E-state index contributed by atoms with van der Waals surface area (Å²) in [7, 11) is 1.70. The molecule has 0 fully saturated rings. The molecular weight excluding hydrogens is 326 g/mol. The van der Waals surface area contributed by atoms with E-state index in [0.717, 1.165) is 11.1 Å². The predicted molar refractivity (Wildman–Crippen MR) is 95.9 cm³/mol. The molecule has 122 valence electrons. The maximum absolute atomic E-state index is 12.6. The molecule has 1 amide bonds. The van der Waals surface area contributed by atoms with Crippen LogP contribution in [0.25, 0.3) is 10.9 Å². The maximum Gasteiger partial charge on any atom is 0.280 e. The summed E-state index contributed by atoms with van der Waals surface area (Å²) in [6.07, 6.45) is 0. The minimum atomic E-state index is -0.557. The van der Waals surface area contributed by atoms with Crippen LogP contribution in [0.15, 0.2) is 41.2 Å². The second-order valence-electron chi connectivity index (χ2n) is 5.74. The third-order valence-corrected chi connectivity index (χ3v) is 4.26. The summed E-state index contributed by atoms with van der Waals surface area (Å²) in [6.45, 7) is 3.77. The van der Waals surface area contributed by atoms with Crippen molar-refractivity contribution in [1.29, 1.82) is 0 Å². The number of rotatable bonds is 2. The maximum atomic E-state index is 12.6. The Morgan fingerprint density at radius 3 is 2.62 bits per heavy atom. The highest BCUT2D eigenvalue weighted by atomic mass is 35.5. The molecule has 0 saturated heterocycles. The third kappa shape index (κ3) is 2.90. The molecule has 0 spiro atoms. The number of carbonyl (C=O) groups excluding carboxylic acids is 1. The standard InChI is InChI=1S/C18H16ClN3O2/c1-10-4-7-15-13(8-10)17(23)16(21-22(15)3)18(24)20-12-6-5-11(2)14(19)9-12/h4-9H,1-3H3,(H,20,24). The molecule has 1 aromatic heterocycles. The van der Waals surface area contributed by atoms with E-state index in [0.29, 0.717) is 21.6 Å². The van der Waals surface area contributed by atoms with Gasteiger partial charge in [0.25, 0.3) is 5.91 Å². The van der Waals surface area contributed by atoms with Crippen LogP contribution >= 0.6 is 11.6 Å². The molecule has 0 aliphatic heterocycles. The highest BCUT2D eigenvalue weighted by Crippen LogP contribution is 2.20. The minimum absolute atomic E-state index is 0.146. The summed E-state index contributed by atoms with van der Waals surface area (Å²) in [6, 6.07) is 10.7. The van der Waals surface area contributed by atoms with Gasteiger partial charge in [-0.3, -0.25) is 14.3 Å².